The van der Waals surface area contributed by atoms with Crippen molar-refractivity contribution in [2.45, 2.75) is 32.6 Å². The van der Waals surface area contributed by atoms with E-state index in [1.165, 1.54) is 23.2 Å². The minimum Gasteiger partial charge on any atom is -0.367 e. The molecule has 2 heteroatoms. The third-order valence-corrected chi connectivity index (χ3v) is 6.24. The van der Waals surface area contributed by atoms with Crippen LogP contribution in [-0.4, -0.2) is 14.6 Å². The van der Waals surface area contributed by atoms with Crippen molar-refractivity contribution < 1.29 is 0 Å². The number of fused-ring (bicyclic) bond motifs is 1. The van der Waals surface area contributed by atoms with Gasteiger partial charge in [0.2, 0.25) is 0 Å². The second-order valence-electron chi connectivity index (χ2n) is 6.75. The molecular formula is C18H23NSi. The molecule has 0 bridgehead atoms. The molecule has 1 nitrogen and oxygen atoms in total. The number of benzene rings is 2. The highest BCUT2D eigenvalue weighted by molar-refractivity contribution is 6.88. The van der Waals surface area contributed by atoms with Crippen molar-refractivity contribution in [3.05, 3.63) is 59.7 Å². The zero-order chi connectivity index (χ0) is 14.2. The van der Waals surface area contributed by atoms with E-state index in [9.17, 15) is 0 Å². The molecule has 1 heterocycles. The highest BCUT2D eigenvalue weighted by Crippen LogP contribution is 2.28. The Balaban J connectivity index is 1.76. The largest absolute Gasteiger partial charge is 0.367 e. The number of rotatable bonds is 3. The van der Waals surface area contributed by atoms with Crippen LogP contribution in [0.25, 0.3) is 0 Å². The summed E-state index contributed by atoms with van der Waals surface area (Å²) in [6, 6.07) is 18.1. The first-order chi connectivity index (χ1) is 9.54. The van der Waals surface area contributed by atoms with Gasteiger partial charge in [0.1, 0.15) is 0 Å². The van der Waals surface area contributed by atoms with Crippen molar-refractivity contribution in [1.29, 1.82) is 0 Å². The smallest absolute Gasteiger partial charge is 0.0775 e. The number of anilines is 1. The maximum absolute atomic E-state index is 2.50. The van der Waals surface area contributed by atoms with Crippen LogP contribution in [0.4, 0.5) is 5.69 Å². The molecule has 2 aromatic carbocycles. The van der Waals surface area contributed by atoms with E-state index in [0.29, 0.717) is 0 Å². The summed E-state index contributed by atoms with van der Waals surface area (Å²) in [4.78, 5) is 2.50. The second kappa shape index (κ2) is 5.10. The van der Waals surface area contributed by atoms with E-state index >= 15 is 0 Å². The van der Waals surface area contributed by atoms with E-state index in [1.807, 2.05) is 0 Å². The molecule has 0 N–H and O–H groups in total. The first kappa shape index (κ1) is 13.4. The van der Waals surface area contributed by atoms with Gasteiger partial charge >= 0.3 is 0 Å². The Kier molecular flexibility index (Phi) is 3.43. The Morgan fingerprint density at radius 2 is 1.65 bits per heavy atom. The van der Waals surface area contributed by atoms with Crippen molar-refractivity contribution in [1.82, 2.24) is 0 Å². The molecule has 0 atom stereocenters. The molecule has 0 amide bonds. The molecule has 0 unspecified atom stereocenters. The number of nitrogens with zero attached hydrogens (tertiary/aromatic N) is 1. The SMILES string of the molecule is C[Si](C)(C)c1ccc(CN2CCc3ccccc32)cc1. The molecule has 0 aromatic heterocycles. The van der Waals surface area contributed by atoms with Crippen LogP contribution in [0.3, 0.4) is 0 Å². The minimum atomic E-state index is -1.17. The Labute approximate surface area is 123 Å². The summed E-state index contributed by atoms with van der Waals surface area (Å²) in [7, 11) is -1.17. The van der Waals surface area contributed by atoms with Gasteiger partial charge in [-0.2, -0.15) is 0 Å². The average Bonchev–Trinajstić information content (AvgIpc) is 2.82. The molecule has 0 aliphatic carbocycles. The van der Waals surface area contributed by atoms with Crippen LogP contribution in [0.2, 0.25) is 19.6 Å². The first-order valence-electron chi connectivity index (χ1n) is 7.46. The summed E-state index contributed by atoms with van der Waals surface area (Å²) in [5.41, 5.74) is 4.33. The Bertz CT molecular complexity index is 596. The highest BCUT2D eigenvalue weighted by atomic mass is 28.3. The van der Waals surface area contributed by atoms with Crippen LogP contribution in [0.1, 0.15) is 11.1 Å². The molecule has 1 aliphatic rings. The molecule has 2 aromatic rings. The third-order valence-electron chi connectivity index (χ3n) is 4.18. The number of para-hydroxylation sites is 1. The second-order valence-corrected chi connectivity index (χ2v) is 11.8. The fourth-order valence-electron chi connectivity index (χ4n) is 2.90. The van der Waals surface area contributed by atoms with Crippen molar-refractivity contribution in [2.24, 2.45) is 0 Å². The lowest BCUT2D eigenvalue weighted by Gasteiger charge is -2.21. The topological polar surface area (TPSA) is 3.24 Å². The van der Waals surface area contributed by atoms with Gasteiger partial charge in [0.15, 0.2) is 0 Å². The van der Waals surface area contributed by atoms with E-state index in [1.54, 1.807) is 5.19 Å². The molecule has 104 valence electrons. The molecule has 20 heavy (non-hydrogen) atoms. The van der Waals surface area contributed by atoms with Gasteiger partial charge in [-0.05, 0) is 23.6 Å². The normalized spacial score (nSPS) is 14.4. The molecule has 3 rings (SSSR count). The van der Waals surface area contributed by atoms with Crippen LogP contribution in [-0.2, 0) is 13.0 Å². The van der Waals surface area contributed by atoms with Gasteiger partial charge in [0.25, 0.3) is 0 Å². The highest BCUT2D eigenvalue weighted by Gasteiger charge is 2.19. The maximum atomic E-state index is 2.50. The lowest BCUT2D eigenvalue weighted by atomic mass is 10.1. The predicted molar refractivity (Wildman–Crippen MR) is 90.6 cm³/mol. The van der Waals surface area contributed by atoms with E-state index < -0.39 is 8.07 Å². The Morgan fingerprint density at radius 3 is 2.35 bits per heavy atom. The molecule has 0 spiro atoms. The molecular weight excluding hydrogens is 258 g/mol. The lowest BCUT2D eigenvalue weighted by Crippen LogP contribution is -2.37. The van der Waals surface area contributed by atoms with Crippen molar-refractivity contribution in [2.75, 3.05) is 11.4 Å². The van der Waals surface area contributed by atoms with Crippen LogP contribution in [0, 0.1) is 0 Å². The summed E-state index contributed by atoms with van der Waals surface area (Å²) in [6.45, 7) is 9.38. The summed E-state index contributed by atoms with van der Waals surface area (Å²) >= 11 is 0. The van der Waals surface area contributed by atoms with Gasteiger partial charge in [-0.1, -0.05) is 67.3 Å². The van der Waals surface area contributed by atoms with Crippen LogP contribution in [0.5, 0.6) is 0 Å². The molecule has 0 saturated carbocycles. The Hall–Kier alpha value is -1.54. The molecule has 1 aliphatic heterocycles. The van der Waals surface area contributed by atoms with Gasteiger partial charge in [0.05, 0.1) is 8.07 Å². The summed E-state index contributed by atoms with van der Waals surface area (Å²) in [5, 5.41) is 1.54. The van der Waals surface area contributed by atoms with Gasteiger partial charge < -0.3 is 4.90 Å². The van der Waals surface area contributed by atoms with Crippen molar-refractivity contribution in [3.8, 4) is 0 Å². The quantitative estimate of drug-likeness (QED) is 0.774. The maximum Gasteiger partial charge on any atom is 0.0775 e. The monoisotopic (exact) mass is 281 g/mol. The molecule has 0 radical (unpaired) electrons. The number of hydrogen-bond donors (Lipinski definition) is 0. The minimum absolute atomic E-state index is 1.03. The first-order valence-corrected chi connectivity index (χ1v) is 11.0. The van der Waals surface area contributed by atoms with Gasteiger partial charge in [0, 0.05) is 18.8 Å². The van der Waals surface area contributed by atoms with E-state index in [-0.39, 0.29) is 0 Å². The van der Waals surface area contributed by atoms with Crippen molar-refractivity contribution >= 4 is 18.9 Å². The van der Waals surface area contributed by atoms with E-state index in [2.05, 4.69) is 73.1 Å². The number of hydrogen-bond acceptors (Lipinski definition) is 1. The van der Waals surface area contributed by atoms with Crippen LogP contribution < -0.4 is 10.1 Å². The molecule has 0 fully saturated rings. The zero-order valence-electron chi connectivity index (χ0n) is 12.7. The van der Waals surface area contributed by atoms with Gasteiger partial charge in [-0.25, -0.2) is 0 Å². The summed E-state index contributed by atoms with van der Waals surface area (Å²) in [5.74, 6) is 0. The fraction of sp³-hybridized carbons (Fsp3) is 0.333. The Morgan fingerprint density at radius 1 is 0.950 bits per heavy atom. The zero-order valence-corrected chi connectivity index (χ0v) is 13.7. The van der Waals surface area contributed by atoms with Gasteiger partial charge in [-0.15, -0.1) is 0 Å². The fourth-order valence-corrected chi connectivity index (χ4v) is 4.07. The lowest BCUT2D eigenvalue weighted by molar-refractivity contribution is 0.836. The van der Waals surface area contributed by atoms with E-state index in [4.69, 9.17) is 0 Å². The summed E-state index contributed by atoms with van der Waals surface area (Å²) < 4.78 is 0. The van der Waals surface area contributed by atoms with Crippen LogP contribution >= 0.6 is 0 Å². The average molecular weight is 281 g/mol. The van der Waals surface area contributed by atoms with E-state index in [0.717, 1.165) is 13.1 Å². The molecule has 0 saturated heterocycles. The van der Waals surface area contributed by atoms with Crippen molar-refractivity contribution in [3.63, 3.8) is 0 Å². The standard InChI is InChI=1S/C18H23NSi/c1-20(2,3)17-10-8-15(9-11-17)14-19-13-12-16-6-4-5-7-18(16)19/h4-11H,12-14H2,1-3H3. The predicted octanol–water partition coefficient (Wildman–Crippen LogP) is 3.79. The van der Waals surface area contributed by atoms with Gasteiger partial charge in [-0.3, -0.25) is 0 Å². The summed E-state index contributed by atoms with van der Waals surface area (Å²) in [6.07, 6.45) is 1.18. The van der Waals surface area contributed by atoms with Crippen LogP contribution in [0.15, 0.2) is 48.5 Å². The third kappa shape index (κ3) is 2.66.